The summed E-state index contributed by atoms with van der Waals surface area (Å²) in [6, 6.07) is 48.2. The van der Waals surface area contributed by atoms with E-state index in [0.717, 1.165) is 21.5 Å². The lowest BCUT2D eigenvalue weighted by Gasteiger charge is -2.48. The summed E-state index contributed by atoms with van der Waals surface area (Å²) in [5, 5.41) is 10.3. The zero-order valence-electron chi connectivity index (χ0n) is 31.9. The third kappa shape index (κ3) is 10.5. The van der Waals surface area contributed by atoms with Gasteiger partial charge in [-0.3, -0.25) is 5.41 Å². The summed E-state index contributed by atoms with van der Waals surface area (Å²) in [4.78, 5) is 14.0. The number of hydrogen-bond acceptors (Lipinski definition) is 8. The van der Waals surface area contributed by atoms with Crippen molar-refractivity contribution < 1.29 is 32.9 Å². The third-order valence-corrected chi connectivity index (χ3v) is 15.3. The van der Waals surface area contributed by atoms with Crippen LogP contribution in [0.25, 0.3) is 0 Å². The van der Waals surface area contributed by atoms with Gasteiger partial charge in [-0.25, -0.2) is 4.79 Å². The molecule has 5 aromatic rings. The number of benzene rings is 5. The van der Waals surface area contributed by atoms with E-state index >= 15 is 0 Å². The molecule has 0 bridgehead atoms. The number of carbonyl (C=O) groups excluding carboxylic acids is 1. The topological polar surface area (TPSA) is 96.3 Å². The molecule has 0 amide bonds. The van der Waals surface area contributed by atoms with E-state index in [1.165, 1.54) is 0 Å². The smallest absolute Gasteiger partial charge is 0.338 e. The molecule has 12 heteroatoms. The predicted octanol–water partition coefficient (Wildman–Crippen LogP) is 9.05. The Bertz CT molecular complexity index is 1980. The number of alkyl halides is 3. The van der Waals surface area contributed by atoms with Gasteiger partial charge in [-0.1, -0.05) is 195 Å². The van der Waals surface area contributed by atoms with E-state index in [2.05, 4.69) is 45.0 Å². The molecular weight excluding hydrogens is 801 g/mol. The second-order valence-electron chi connectivity index (χ2n) is 14.7. The van der Waals surface area contributed by atoms with E-state index in [4.69, 9.17) is 68.3 Å². The van der Waals surface area contributed by atoms with Crippen LogP contribution in [0, 0.1) is 5.41 Å². The van der Waals surface area contributed by atoms with E-state index in [9.17, 15) is 4.79 Å². The summed E-state index contributed by atoms with van der Waals surface area (Å²) in [5.74, 6) is -1.28. The first-order valence-corrected chi connectivity index (χ1v) is 21.7. The van der Waals surface area contributed by atoms with Gasteiger partial charge in [-0.15, -0.1) is 0 Å². The standard InChI is InChI=1S/C45H46Cl3NO7Si/c1-44(2,3)57(35-25-15-7-16-26-35,36-27-17-8-18-28-36)53-31-37-38(55-41(50)34-23-13-6-14-24-34)39(51-29-32-19-9-4-10-20-32)40(52-30-33-21-11-5-12-22-33)42(54-37)56-43(49)45(46,47)48/h4-28,37-40,42,49H,29-31H2,1-3H3/t37-,38+,39-,40+,42?/m1/s1. The van der Waals surface area contributed by atoms with Crippen molar-refractivity contribution in [1.82, 2.24) is 0 Å². The van der Waals surface area contributed by atoms with E-state index in [1.54, 1.807) is 24.3 Å². The highest BCUT2D eigenvalue weighted by Gasteiger charge is 2.55. The lowest BCUT2D eigenvalue weighted by atomic mass is 9.97. The normalized spacial score (nSPS) is 20.1. The fourth-order valence-corrected chi connectivity index (χ4v) is 11.8. The highest BCUT2D eigenvalue weighted by atomic mass is 35.6. The molecule has 0 aliphatic carbocycles. The van der Waals surface area contributed by atoms with Gasteiger partial charge >= 0.3 is 5.97 Å². The second-order valence-corrected chi connectivity index (χ2v) is 21.3. The van der Waals surface area contributed by atoms with Crippen molar-refractivity contribution >= 4 is 65.4 Å². The molecule has 5 aromatic carbocycles. The van der Waals surface area contributed by atoms with Crippen LogP contribution in [-0.2, 0) is 41.3 Å². The van der Waals surface area contributed by atoms with Crippen LogP contribution in [0.2, 0.25) is 5.04 Å². The minimum Gasteiger partial charge on any atom is -0.453 e. The maximum absolute atomic E-state index is 14.0. The molecule has 1 fully saturated rings. The van der Waals surface area contributed by atoms with Gasteiger partial charge in [-0.2, -0.15) is 0 Å². The van der Waals surface area contributed by atoms with Gasteiger partial charge in [0.2, 0.25) is 12.2 Å². The number of halogens is 3. The monoisotopic (exact) mass is 845 g/mol. The Morgan fingerprint density at radius 1 is 0.632 bits per heavy atom. The molecule has 0 aromatic heterocycles. The first-order chi connectivity index (χ1) is 27.4. The van der Waals surface area contributed by atoms with Crippen LogP contribution in [0.1, 0.15) is 42.3 Å². The Hall–Kier alpha value is -4.03. The predicted molar refractivity (Wildman–Crippen MR) is 227 cm³/mol. The Balaban J connectivity index is 1.46. The van der Waals surface area contributed by atoms with Crippen molar-refractivity contribution in [2.45, 2.75) is 73.5 Å². The lowest BCUT2D eigenvalue weighted by molar-refractivity contribution is -0.301. The Labute approximate surface area is 350 Å². The molecule has 1 N–H and O–H groups in total. The average molecular weight is 847 g/mol. The Kier molecular flexibility index (Phi) is 14.3. The van der Waals surface area contributed by atoms with Gasteiger partial charge in [0.25, 0.3) is 12.1 Å². The summed E-state index contributed by atoms with van der Waals surface area (Å²) in [6.45, 7) is 6.65. The molecule has 1 aliphatic heterocycles. The number of ether oxygens (including phenoxy) is 5. The highest BCUT2D eigenvalue weighted by molar-refractivity contribution is 6.99. The SMILES string of the molecule is CC(C)(C)[Si](OC[C@H]1OC(OC(=N)C(Cl)(Cl)Cl)[C@@H](OCc2ccccc2)[C@H](OCc2ccccc2)[C@H]1OC(=O)c1ccccc1)(c1ccccc1)c1ccccc1. The molecule has 1 saturated heterocycles. The van der Waals surface area contributed by atoms with Crippen molar-refractivity contribution in [2.24, 2.45) is 0 Å². The fourth-order valence-electron chi connectivity index (χ4n) is 7.07. The van der Waals surface area contributed by atoms with E-state index < -0.39 is 59.7 Å². The number of hydrogen-bond donors (Lipinski definition) is 1. The minimum absolute atomic E-state index is 0.0718. The van der Waals surface area contributed by atoms with Gasteiger partial charge in [0.05, 0.1) is 25.4 Å². The van der Waals surface area contributed by atoms with Crippen LogP contribution >= 0.6 is 34.8 Å². The van der Waals surface area contributed by atoms with Gasteiger partial charge in [-0.05, 0) is 38.7 Å². The van der Waals surface area contributed by atoms with Gasteiger partial charge in [0.15, 0.2) is 6.10 Å². The van der Waals surface area contributed by atoms with Gasteiger partial charge < -0.3 is 28.1 Å². The summed E-state index contributed by atoms with van der Waals surface area (Å²) < 4.78 is 37.7. The van der Waals surface area contributed by atoms with Crippen molar-refractivity contribution in [2.75, 3.05) is 6.61 Å². The molecule has 298 valence electrons. The van der Waals surface area contributed by atoms with Crippen LogP contribution in [0.5, 0.6) is 0 Å². The van der Waals surface area contributed by atoms with Crippen LogP contribution < -0.4 is 10.4 Å². The zero-order chi connectivity index (χ0) is 40.5. The Morgan fingerprint density at radius 2 is 1.07 bits per heavy atom. The zero-order valence-corrected chi connectivity index (χ0v) is 35.2. The van der Waals surface area contributed by atoms with E-state index in [-0.39, 0.29) is 19.8 Å². The molecule has 0 spiro atoms. The average Bonchev–Trinajstić information content (AvgIpc) is 3.21. The minimum atomic E-state index is -3.16. The summed E-state index contributed by atoms with van der Waals surface area (Å²) in [5.41, 5.74) is 2.05. The molecule has 1 heterocycles. The Morgan fingerprint density at radius 3 is 1.53 bits per heavy atom. The van der Waals surface area contributed by atoms with E-state index in [0.29, 0.717) is 5.56 Å². The second kappa shape index (κ2) is 19.1. The van der Waals surface area contributed by atoms with Crippen LogP contribution in [0.3, 0.4) is 0 Å². The molecule has 8 nitrogen and oxygen atoms in total. The number of rotatable bonds is 14. The summed E-state index contributed by atoms with van der Waals surface area (Å²) in [7, 11) is -3.16. The van der Waals surface area contributed by atoms with Crippen molar-refractivity contribution in [3.05, 3.63) is 168 Å². The molecular formula is C45H46Cl3NO7Si. The maximum atomic E-state index is 14.0. The molecule has 6 rings (SSSR count). The molecule has 0 saturated carbocycles. The van der Waals surface area contributed by atoms with Gasteiger partial charge in [0, 0.05) is 0 Å². The van der Waals surface area contributed by atoms with Crippen LogP contribution in [0.4, 0.5) is 0 Å². The quantitative estimate of drug-likeness (QED) is 0.0392. The fraction of sp³-hybridized carbons (Fsp3) is 0.289. The summed E-state index contributed by atoms with van der Waals surface area (Å²) in [6.07, 6.45) is -5.63. The largest absolute Gasteiger partial charge is 0.453 e. The lowest BCUT2D eigenvalue weighted by Crippen LogP contribution is -2.68. The molecule has 0 radical (unpaired) electrons. The van der Waals surface area contributed by atoms with Crippen molar-refractivity contribution in [3.8, 4) is 0 Å². The van der Waals surface area contributed by atoms with E-state index in [1.807, 2.05) is 103 Å². The van der Waals surface area contributed by atoms with Crippen molar-refractivity contribution in [3.63, 3.8) is 0 Å². The van der Waals surface area contributed by atoms with Crippen LogP contribution in [-0.4, -0.2) is 61.3 Å². The molecule has 1 unspecified atom stereocenters. The molecule has 5 atom stereocenters. The maximum Gasteiger partial charge on any atom is 0.338 e. The van der Waals surface area contributed by atoms with Crippen LogP contribution in [0.15, 0.2) is 152 Å². The number of nitrogens with one attached hydrogen (secondary N) is 1. The van der Waals surface area contributed by atoms with Crippen molar-refractivity contribution in [1.29, 1.82) is 5.41 Å². The summed E-state index contributed by atoms with van der Waals surface area (Å²) >= 11 is 18.5. The highest BCUT2D eigenvalue weighted by Crippen LogP contribution is 2.39. The number of carbonyl (C=O) groups is 1. The molecule has 1 aliphatic rings. The number of esters is 1. The molecule has 57 heavy (non-hydrogen) atoms. The third-order valence-electron chi connectivity index (χ3n) is 9.79. The first kappa shape index (κ1) is 42.6. The van der Waals surface area contributed by atoms with Gasteiger partial charge in [0.1, 0.15) is 18.3 Å². The first-order valence-electron chi connectivity index (χ1n) is 18.7.